The number of esters is 1. The number of aliphatic hydroxyl groups is 1. The van der Waals surface area contributed by atoms with Gasteiger partial charge >= 0.3 is 5.97 Å². The number of hydrogen-bond acceptors (Lipinski definition) is 4. The minimum atomic E-state index is -0.643. The molecule has 1 heterocycles. The van der Waals surface area contributed by atoms with Crippen LogP contribution >= 0.6 is 0 Å². The molecule has 0 amide bonds. The first-order chi connectivity index (χ1) is 10.6. The highest BCUT2D eigenvalue weighted by atomic mass is 16.5. The van der Waals surface area contributed by atoms with E-state index in [1.807, 2.05) is 6.92 Å². The minimum absolute atomic E-state index is 0.119. The molecule has 126 valence electrons. The zero-order valence-corrected chi connectivity index (χ0v) is 14.0. The van der Waals surface area contributed by atoms with Crippen molar-refractivity contribution in [1.82, 2.24) is 0 Å². The number of unbranched alkanes of at least 4 members (excludes halogenated alkanes) is 6. The summed E-state index contributed by atoms with van der Waals surface area (Å²) in [5, 5.41) is 9.78. The van der Waals surface area contributed by atoms with Crippen molar-refractivity contribution in [3.8, 4) is 0 Å². The summed E-state index contributed by atoms with van der Waals surface area (Å²) in [6.07, 6.45) is 10.1. The first kappa shape index (κ1) is 18.7. The van der Waals surface area contributed by atoms with Gasteiger partial charge in [0, 0.05) is 12.8 Å². The number of carbonyl (C=O) groups excluding carboxylic acids is 2. The van der Waals surface area contributed by atoms with E-state index in [1.54, 1.807) is 0 Å². The lowest BCUT2D eigenvalue weighted by Crippen LogP contribution is -2.33. The van der Waals surface area contributed by atoms with Crippen molar-refractivity contribution in [1.29, 1.82) is 0 Å². The molecule has 4 heteroatoms. The highest BCUT2D eigenvalue weighted by molar-refractivity contribution is 6.19. The second kappa shape index (κ2) is 10.4. The van der Waals surface area contributed by atoms with Crippen molar-refractivity contribution < 1.29 is 19.4 Å². The molecule has 0 unspecified atom stereocenters. The molecular formula is C18H30O4. The Balaban J connectivity index is 2.31. The van der Waals surface area contributed by atoms with E-state index in [0.717, 1.165) is 19.3 Å². The molecule has 0 spiro atoms. The standard InChI is InChI=1S/C18H30O4/c1-3-5-6-7-8-9-10-12-14-13-16(20)17(18(21)22-14)15(19)11-4-2/h14,19H,3-13H2,1-2H3/b17-15-/t14-/m1/s1. The Morgan fingerprint density at radius 1 is 1.05 bits per heavy atom. The van der Waals surface area contributed by atoms with Gasteiger partial charge in [-0.15, -0.1) is 0 Å². The van der Waals surface area contributed by atoms with Gasteiger partial charge in [0.25, 0.3) is 0 Å². The molecule has 0 radical (unpaired) electrons. The van der Waals surface area contributed by atoms with Crippen LogP contribution in [0.1, 0.15) is 84.5 Å². The third kappa shape index (κ3) is 6.20. The van der Waals surface area contributed by atoms with E-state index >= 15 is 0 Å². The predicted octanol–water partition coefficient (Wildman–Crippen LogP) is 4.62. The quantitative estimate of drug-likeness (QED) is 0.210. The first-order valence-corrected chi connectivity index (χ1v) is 8.76. The average molecular weight is 310 g/mol. The molecule has 22 heavy (non-hydrogen) atoms. The molecule has 1 aliphatic heterocycles. The van der Waals surface area contributed by atoms with E-state index in [2.05, 4.69) is 6.92 Å². The van der Waals surface area contributed by atoms with E-state index in [9.17, 15) is 14.7 Å². The zero-order valence-electron chi connectivity index (χ0n) is 14.0. The van der Waals surface area contributed by atoms with Gasteiger partial charge in [-0.2, -0.15) is 0 Å². The van der Waals surface area contributed by atoms with Gasteiger partial charge in [-0.1, -0.05) is 52.4 Å². The van der Waals surface area contributed by atoms with Crippen molar-refractivity contribution in [3.63, 3.8) is 0 Å². The molecule has 0 aromatic heterocycles. The van der Waals surface area contributed by atoms with Crippen LogP contribution in [0, 0.1) is 0 Å². The maximum absolute atomic E-state index is 12.0. The van der Waals surface area contributed by atoms with Gasteiger partial charge in [-0.25, -0.2) is 4.79 Å². The van der Waals surface area contributed by atoms with Crippen molar-refractivity contribution in [2.45, 2.75) is 90.6 Å². The Morgan fingerprint density at radius 2 is 1.68 bits per heavy atom. The van der Waals surface area contributed by atoms with Crippen LogP contribution in [0.5, 0.6) is 0 Å². The summed E-state index contributed by atoms with van der Waals surface area (Å²) in [6.45, 7) is 4.09. The van der Waals surface area contributed by atoms with Gasteiger partial charge in [0.2, 0.25) is 0 Å². The van der Waals surface area contributed by atoms with Gasteiger partial charge < -0.3 is 9.84 Å². The Hall–Kier alpha value is -1.32. The van der Waals surface area contributed by atoms with Gasteiger partial charge in [0.1, 0.15) is 17.4 Å². The summed E-state index contributed by atoms with van der Waals surface area (Å²) in [5.74, 6) is -1.03. The fourth-order valence-corrected chi connectivity index (χ4v) is 2.81. The Labute approximate surface area is 133 Å². The summed E-state index contributed by atoms with van der Waals surface area (Å²) in [5.41, 5.74) is -0.127. The van der Waals surface area contributed by atoms with Crippen LogP contribution in [0.15, 0.2) is 11.3 Å². The number of cyclic esters (lactones) is 1. The molecule has 0 saturated carbocycles. The van der Waals surface area contributed by atoms with Gasteiger partial charge in [0.15, 0.2) is 5.78 Å². The fourth-order valence-electron chi connectivity index (χ4n) is 2.81. The number of ether oxygens (including phenoxy) is 1. The topological polar surface area (TPSA) is 63.6 Å². The molecule has 0 aromatic rings. The number of carbonyl (C=O) groups is 2. The molecule has 1 atom stereocenters. The molecule has 4 nitrogen and oxygen atoms in total. The third-order valence-electron chi connectivity index (χ3n) is 4.07. The lowest BCUT2D eigenvalue weighted by Gasteiger charge is -2.23. The average Bonchev–Trinajstić information content (AvgIpc) is 2.46. The van der Waals surface area contributed by atoms with Crippen LogP contribution in [0.2, 0.25) is 0 Å². The molecule has 1 aliphatic rings. The number of allylic oxidation sites excluding steroid dienone is 1. The normalized spacial score (nSPS) is 20.9. The highest BCUT2D eigenvalue weighted by Gasteiger charge is 2.34. The maximum atomic E-state index is 12.0. The Bertz CT molecular complexity index is 378. The molecule has 1 N–H and O–H groups in total. The summed E-state index contributed by atoms with van der Waals surface area (Å²) in [7, 11) is 0. The summed E-state index contributed by atoms with van der Waals surface area (Å²) < 4.78 is 5.30. The van der Waals surface area contributed by atoms with E-state index in [0.29, 0.717) is 12.8 Å². The molecule has 1 saturated heterocycles. The van der Waals surface area contributed by atoms with E-state index < -0.39 is 5.97 Å². The molecular weight excluding hydrogens is 280 g/mol. The number of Topliss-reactive ketones (excluding diaryl/α,β-unsaturated/α-hetero) is 1. The van der Waals surface area contributed by atoms with Crippen molar-refractivity contribution in [3.05, 3.63) is 11.3 Å². The second-order valence-corrected chi connectivity index (χ2v) is 6.14. The number of ketones is 1. The van der Waals surface area contributed by atoms with Crippen LogP contribution in [-0.4, -0.2) is 23.0 Å². The zero-order chi connectivity index (χ0) is 16.4. The Morgan fingerprint density at radius 3 is 2.27 bits per heavy atom. The molecule has 0 aromatic carbocycles. The predicted molar refractivity (Wildman–Crippen MR) is 86.7 cm³/mol. The lowest BCUT2D eigenvalue weighted by atomic mass is 9.96. The SMILES string of the molecule is CCCCCCCCC[C@@H]1CC(=O)/C(=C(/O)CCC)C(=O)O1. The molecule has 1 rings (SSSR count). The van der Waals surface area contributed by atoms with E-state index in [4.69, 9.17) is 4.74 Å². The van der Waals surface area contributed by atoms with Gasteiger partial charge in [0.05, 0.1) is 0 Å². The maximum Gasteiger partial charge on any atom is 0.345 e. The summed E-state index contributed by atoms with van der Waals surface area (Å²) in [6, 6.07) is 0. The van der Waals surface area contributed by atoms with Gasteiger partial charge in [-0.05, 0) is 19.3 Å². The number of hydrogen-bond donors (Lipinski definition) is 1. The molecule has 0 aliphatic carbocycles. The van der Waals surface area contributed by atoms with Crippen LogP contribution in [0.4, 0.5) is 0 Å². The lowest BCUT2D eigenvalue weighted by molar-refractivity contribution is -0.151. The van der Waals surface area contributed by atoms with Crippen molar-refractivity contribution in [2.75, 3.05) is 0 Å². The van der Waals surface area contributed by atoms with Gasteiger partial charge in [-0.3, -0.25) is 4.79 Å². The minimum Gasteiger partial charge on any atom is -0.511 e. The smallest absolute Gasteiger partial charge is 0.345 e. The van der Waals surface area contributed by atoms with Crippen LogP contribution in [-0.2, 0) is 14.3 Å². The molecule has 1 fully saturated rings. The van der Waals surface area contributed by atoms with Crippen molar-refractivity contribution >= 4 is 11.8 Å². The number of rotatable bonds is 10. The first-order valence-electron chi connectivity index (χ1n) is 8.76. The summed E-state index contributed by atoms with van der Waals surface area (Å²) >= 11 is 0. The highest BCUT2D eigenvalue weighted by Crippen LogP contribution is 2.24. The number of aliphatic hydroxyl groups excluding tert-OH is 1. The molecule has 0 bridgehead atoms. The Kier molecular flexibility index (Phi) is 8.86. The van der Waals surface area contributed by atoms with Crippen LogP contribution < -0.4 is 0 Å². The van der Waals surface area contributed by atoms with Crippen molar-refractivity contribution in [2.24, 2.45) is 0 Å². The van der Waals surface area contributed by atoms with Crippen LogP contribution in [0.3, 0.4) is 0 Å². The fraction of sp³-hybridized carbons (Fsp3) is 0.778. The second-order valence-electron chi connectivity index (χ2n) is 6.14. The van der Waals surface area contributed by atoms with E-state index in [1.165, 1.54) is 32.1 Å². The van der Waals surface area contributed by atoms with E-state index in [-0.39, 0.29) is 29.6 Å². The van der Waals surface area contributed by atoms with Crippen LogP contribution in [0.25, 0.3) is 0 Å². The summed E-state index contributed by atoms with van der Waals surface area (Å²) in [4.78, 5) is 23.9. The monoisotopic (exact) mass is 310 g/mol. The third-order valence-corrected chi connectivity index (χ3v) is 4.07. The largest absolute Gasteiger partial charge is 0.511 e.